The minimum absolute atomic E-state index is 0.00946. The summed E-state index contributed by atoms with van der Waals surface area (Å²) in [6, 6.07) is 13.0. The van der Waals surface area contributed by atoms with Gasteiger partial charge < -0.3 is 24.2 Å². The summed E-state index contributed by atoms with van der Waals surface area (Å²) >= 11 is 0. The van der Waals surface area contributed by atoms with Crippen LogP contribution in [0.5, 0.6) is 11.5 Å². The lowest BCUT2D eigenvalue weighted by Crippen LogP contribution is -2.57. The Labute approximate surface area is 187 Å². The van der Waals surface area contributed by atoms with Crippen molar-refractivity contribution < 1.29 is 28.5 Å². The van der Waals surface area contributed by atoms with Gasteiger partial charge in [0.15, 0.2) is 0 Å². The molecule has 8 heteroatoms. The van der Waals surface area contributed by atoms with Crippen molar-refractivity contribution in [3.63, 3.8) is 0 Å². The van der Waals surface area contributed by atoms with E-state index in [9.17, 15) is 14.3 Å². The normalized spacial score (nSPS) is 22.0. The Bertz CT molecular complexity index is 904. The van der Waals surface area contributed by atoms with E-state index in [2.05, 4.69) is 4.90 Å². The predicted octanol–water partition coefficient (Wildman–Crippen LogP) is 2.43. The van der Waals surface area contributed by atoms with Crippen molar-refractivity contribution in [3.05, 3.63) is 59.9 Å². The Morgan fingerprint density at radius 1 is 1.09 bits per heavy atom. The van der Waals surface area contributed by atoms with Crippen LogP contribution in [0.2, 0.25) is 0 Å². The van der Waals surface area contributed by atoms with Crippen molar-refractivity contribution >= 4 is 5.91 Å². The average molecular weight is 445 g/mol. The van der Waals surface area contributed by atoms with Gasteiger partial charge in [0.05, 0.1) is 26.2 Å². The molecule has 1 atom stereocenters. The van der Waals surface area contributed by atoms with Crippen molar-refractivity contribution in [1.29, 1.82) is 0 Å². The zero-order valence-electron chi connectivity index (χ0n) is 18.0. The summed E-state index contributed by atoms with van der Waals surface area (Å²) in [4.78, 5) is 17.1. The number of phenols is 1. The Morgan fingerprint density at radius 2 is 1.88 bits per heavy atom. The van der Waals surface area contributed by atoms with Gasteiger partial charge in [-0.05, 0) is 42.0 Å². The van der Waals surface area contributed by atoms with Crippen molar-refractivity contribution in [2.75, 3.05) is 52.6 Å². The third-order valence-electron chi connectivity index (χ3n) is 5.80. The molecule has 2 aliphatic heterocycles. The first-order valence-electron chi connectivity index (χ1n) is 10.9. The van der Waals surface area contributed by atoms with E-state index in [-0.39, 0.29) is 30.5 Å². The molecule has 0 aromatic heterocycles. The van der Waals surface area contributed by atoms with E-state index < -0.39 is 5.60 Å². The van der Waals surface area contributed by atoms with E-state index in [4.69, 9.17) is 14.2 Å². The number of amides is 1. The minimum Gasteiger partial charge on any atom is -0.508 e. The van der Waals surface area contributed by atoms with E-state index in [0.717, 1.165) is 5.56 Å². The number of hydrogen-bond donors (Lipinski definition) is 1. The highest BCUT2D eigenvalue weighted by Crippen LogP contribution is 2.27. The van der Waals surface area contributed by atoms with Crippen molar-refractivity contribution in [2.24, 2.45) is 0 Å². The predicted molar refractivity (Wildman–Crippen MR) is 116 cm³/mol. The van der Waals surface area contributed by atoms with Gasteiger partial charge in [0, 0.05) is 32.7 Å². The molecule has 172 valence electrons. The molecule has 2 aliphatic rings. The molecule has 1 N–H and O–H groups in total. The van der Waals surface area contributed by atoms with Crippen LogP contribution in [0.25, 0.3) is 0 Å². The standard InChI is InChI=1S/C24H29FN2O5/c25-20-4-6-22(7-5-20)31-18-24(15-23(29)27-9-11-30-12-10-27)17-26(8-13-32-24)16-19-2-1-3-21(28)14-19/h1-7,14,28H,8-13,15-18H2/t24-/m0/s1. The molecule has 0 bridgehead atoms. The first-order chi connectivity index (χ1) is 15.5. The second-order valence-electron chi connectivity index (χ2n) is 8.32. The molecule has 32 heavy (non-hydrogen) atoms. The Kier molecular flexibility index (Phi) is 7.24. The van der Waals surface area contributed by atoms with Crippen LogP contribution < -0.4 is 4.74 Å². The summed E-state index contributed by atoms with van der Waals surface area (Å²) in [5.74, 6) is 0.429. The number of phenolic OH excluding ortho intramolecular Hbond substituents is 1. The molecular formula is C24H29FN2O5. The number of carbonyl (C=O) groups excluding carboxylic acids is 1. The summed E-state index contributed by atoms with van der Waals surface area (Å²) in [6.45, 7) is 4.68. The van der Waals surface area contributed by atoms with Gasteiger partial charge in [0.1, 0.15) is 29.5 Å². The number of morpholine rings is 2. The van der Waals surface area contributed by atoms with Crippen LogP contribution in [-0.4, -0.2) is 79.0 Å². The van der Waals surface area contributed by atoms with E-state index in [1.54, 1.807) is 29.2 Å². The largest absolute Gasteiger partial charge is 0.508 e. The second-order valence-corrected chi connectivity index (χ2v) is 8.32. The SMILES string of the molecule is O=C(C[C@@]1(COc2ccc(F)cc2)CN(Cc2cccc(O)c2)CCO1)N1CCOCC1. The van der Waals surface area contributed by atoms with Crippen LogP contribution in [0.4, 0.5) is 4.39 Å². The third kappa shape index (κ3) is 5.97. The first-order valence-corrected chi connectivity index (χ1v) is 10.9. The fourth-order valence-electron chi connectivity index (χ4n) is 4.16. The van der Waals surface area contributed by atoms with Gasteiger partial charge in [-0.1, -0.05) is 12.1 Å². The summed E-state index contributed by atoms with van der Waals surface area (Å²) in [6.07, 6.45) is 0.185. The summed E-state index contributed by atoms with van der Waals surface area (Å²) in [5, 5.41) is 9.79. The summed E-state index contributed by atoms with van der Waals surface area (Å²) in [5.41, 5.74) is 0.151. The molecule has 7 nitrogen and oxygen atoms in total. The zero-order chi connectivity index (χ0) is 22.4. The lowest BCUT2D eigenvalue weighted by atomic mass is 9.96. The number of aromatic hydroxyl groups is 1. The molecule has 0 saturated carbocycles. The van der Waals surface area contributed by atoms with Gasteiger partial charge in [0.2, 0.25) is 5.91 Å². The van der Waals surface area contributed by atoms with E-state index in [1.165, 1.54) is 12.1 Å². The fraction of sp³-hybridized carbons (Fsp3) is 0.458. The summed E-state index contributed by atoms with van der Waals surface area (Å²) < 4.78 is 30.8. The Morgan fingerprint density at radius 3 is 2.62 bits per heavy atom. The quantitative estimate of drug-likeness (QED) is 0.707. The van der Waals surface area contributed by atoms with Gasteiger partial charge in [-0.15, -0.1) is 0 Å². The van der Waals surface area contributed by atoms with Crippen molar-refractivity contribution in [2.45, 2.75) is 18.6 Å². The molecule has 2 aromatic rings. The molecule has 2 fully saturated rings. The molecule has 4 rings (SSSR count). The maximum Gasteiger partial charge on any atom is 0.225 e. The van der Waals surface area contributed by atoms with Crippen LogP contribution in [-0.2, 0) is 20.8 Å². The van der Waals surface area contributed by atoms with Crippen LogP contribution >= 0.6 is 0 Å². The number of halogens is 1. The van der Waals surface area contributed by atoms with E-state index in [0.29, 0.717) is 58.3 Å². The first kappa shape index (κ1) is 22.5. The number of rotatable bonds is 7. The molecule has 2 heterocycles. The van der Waals surface area contributed by atoms with Crippen LogP contribution in [0.3, 0.4) is 0 Å². The lowest BCUT2D eigenvalue weighted by Gasteiger charge is -2.43. The monoisotopic (exact) mass is 444 g/mol. The molecule has 0 radical (unpaired) electrons. The second kappa shape index (κ2) is 10.3. The molecular weight excluding hydrogens is 415 g/mol. The maximum atomic E-state index is 13.3. The number of nitrogens with zero attached hydrogens (tertiary/aromatic N) is 2. The van der Waals surface area contributed by atoms with Crippen molar-refractivity contribution in [3.8, 4) is 11.5 Å². The topological polar surface area (TPSA) is 71.5 Å². The van der Waals surface area contributed by atoms with Gasteiger partial charge >= 0.3 is 0 Å². The minimum atomic E-state index is -0.834. The fourth-order valence-corrected chi connectivity index (χ4v) is 4.16. The number of ether oxygens (including phenoxy) is 3. The highest BCUT2D eigenvalue weighted by atomic mass is 19.1. The smallest absolute Gasteiger partial charge is 0.225 e. The molecule has 0 spiro atoms. The van der Waals surface area contributed by atoms with E-state index >= 15 is 0 Å². The van der Waals surface area contributed by atoms with Crippen molar-refractivity contribution in [1.82, 2.24) is 9.80 Å². The molecule has 0 aliphatic carbocycles. The molecule has 1 amide bonds. The lowest BCUT2D eigenvalue weighted by molar-refractivity contribution is -0.159. The number of hydrogen-bond acceptors (Lipinski definition) is 6. The number of benzene rings is 2. The Balaban J connectivity index is 1.48. The zero-order valence-corrected chi connectivity index (χ0v) is 18.0. The molecule has 2 saturated heterocycles. The average Bonchev–Trinajstić information content (AvgIpc) is 2.80. The number of carbonyl (C=O) groups is 1. The van der Waals surface area contributed by atoms with Crippen LogP contribution in [0.1, 0.15) is 12.0 Å². The summed E-state index contributed by atoms with van der Waals surface area (Å²) in [7, 11) is 0. The third-order valence-corrected chi connectivity index (χ3v) is 5.80. The highest BCUT2D eigenvalue weighted by molar-refractivity contribution is 5.77. The van der Waals surface area contributed by atoms with Gasteiger partial charge in [-0.2, -0.15) is 0 Å². The van der Waals surface area contributed by atoms with E-state index in [1.807, 2.05) is 12.1 Å². The Hall–Kier alpha value is -2.68. The van der Waals surface area contributed by atoms with Crippen LogP contribution in [0, 0.1) is 5.82 Å². The van der Waals surface area contributed by atoms with Crippen LogP contribution in [0.15, 0.2) is 48.5 Å². The van der Waals surface area contributed by atoms with Gasteiger partial charge in [-0.25, -0.2) is 4.39 Å². The highest BCUT2D eigenvalue weighted by Gasteiger charge is 2.41. The molecule has 0 unspecified atom stereocenters. The van der Waals surface area contributed by atoms with Gasteiger partial charge in [0.25, 0.3) is 0 Å². The van der Waals surface area contributed by atoms with Gasteiger partial charge in [-0.3, -0.25) is 9.69 Å². The maximum absolute atomic E-state index is 13.3. The molecule has 2 aromatic carbocycles.